The molecule has 0 radical (unpaired) electrons. The van der Waals surface area contributed by atoms with Crippen molar-refractivity contribution in [1.29, 1.82) is 0 Å². The molecule has 1 aliphatic heterocycles. The van der Waals surface area contributed by atoms with Gasteiger partial charge in [0.1, 0.15) is 11.9 Å². The van der Waals surface area contributed by atoms with Crippen LogP contribution in [0.3, 0.4) is 0 Å². The molecule has 1 aliphatic rings. The van der Waals surface area contributed by atoms with Gasteiger partial charge in [-0.3, -0.25) is 9.59 Å². The lowest BCUT2D eigenvalue weighted by Crippen LogP contribution is -2.46. The minimum absolute atomic E-state index is 0.110. The molecule has 1 aromatic carbocycles. The molecule has 0 saturated heterocycles. The van der Waals surface area contributed by atoms with Crippen LogP contribution >= 0.6 is 11.3 Å². The molecular formula is C31H41NO5S. The standard InChI is InChI=1S/C31H41NO5S/c1-7-8-12-23-29(35)20(3)11-9-10-19(2)13-15-25(22-14-16-26-24(17-22)32-21(4)38-26)37-28(34)18-27(33)31(5,6)30(23)36/h1,13-14,16-17,20,23,25,27,29,33,35H,8-12,15,18H2,2-6H3/b19-13-/t20-,23+,25-,27-,29-/m0/s1. The summed E-state index contributed by atoms with van der Waals surface area (Å²) in [5, 5.41) is 23.2. The molecule has 6 nitrogen and oxygen atoms in total. The summed E-state index contributed by atoms with van der Waals surface area (Å²) < 4.78 is 6.99. The van der Waals surface area contributed by atoms with E-state index in [1.165, 1.54) is 5.57 Å². The van der Waals surface area contributed by atoms with Crippen molar-refractivity contribution >= 4 is 33.3 Å². The van der Waals surface area contributed by atoms with Crippen LogP contribution in [0.1, 0.15) is 89.3 Å². The van der Waals surface area contributed by atoms with E-state index in [9.17, 15) is 19.8 Å². The van der Waals surface area contributed by atoms with E-state index in [1.807, 2.05) is 32.0 Å². The molecule has 0 aliphatic carbocycles. The van der Waals surface area contributed by atoms with Crippen LogP contribution in [0, 0.1) is 36.5 Å². The van der Waals surface area contributed by atoms with Crippen LogP contribution < -0.4 is 0 Å². The molecule has 2 aromatic rings. The van der Waals surface area contributed by atoms with E-state index < -0.39 is 35.6 Å². The number of rotatable bonds is 3. The number of cyclic esters (lactones) is 1. The Morgan fingerprint density at radius 3 is 2.68 bits per heavy atom. The number of aromatic nitrogens is 1. The van der Waals surface area contributed by atoms with Crippen LogP contribution in [-0.2, 0) is 14.3 Å². The van der Waals surface area contributed by atoms with Crippen molar-refractivity contribution < 1.29 is 24.5 Å². The molecule has 2 N–H and O–H groups in total. The molecule has 7 heteroatoms. The predicted octanol–water partition coefficient (Wildman–Crippen LogP) is 6.08. The summed E-state index contributed by atoms with van der Waals surface area (Å²) in [6.45, 7) is 9.22. The van der Waals surface area contributed by atoms with E-state index in [0.29, 0.717) is 19.3 Å². The quantitative estimate of drug-likeness (QED) is 0.279. The summed E-state index contributed by atoms with van der Waals surface area (Å²) in [5.74, 6) is 0.879. The highest BCUT2D eigenvalue weighted by Gasteiger charge is 2.43. The Hall–Kier alpha value is -2.53. The van der Waals surface area contributed by atoms with Gasteiger partial charge < -0.3 is 14.9 Å². The number of terminal acetylenes is 1. The number of aliphatic hydroxyl groups is 2. The maximum absolute atomic E-state index is 13.6. The summed E-state index contributed by atoms with van der Waals surface area (Å²) in [6, 6.07) is 5.92. The maximum atomic E-state index is 13.6. The van der Waals surface area contributed by atoms with Gasteiger partial charge in [-0.1, -0.05) is 38.5 Å². The van der Waals surface area contributed by atoms with Gasteiger partial charge in [-0.25, -0.2) is 4.98 Å². The number of allylic oxidation sites excluding steroid dienone is 1. The molecule has 0 fully saturated rings. The van der Waals surface area contributed by atoms with Gasteiger partial charge in [0.25, 0.3) is 0 Å². The second kappa shape index (κ2) is 13.0. The Bertz CT molecular complexity index is 1210. The van der Waals surface area contributed by atoms with Crippen LogP contribution in [0.25, 0.3) is 10.2 Å². The maximum Gasteiger partial charge on any atom is 0.309 e. The number of thiazole rings is 1. The zero-order chi connectivity index (χ0) is 28.0. The van der Waals surface area contributed by atoms with Gasteiger partial charge in [0.15, 0.2) is 0 Å². The van der Waals surface area contributed by atoms with Gasteiger partial charge in [0.2, 0.25) is 0 Å². The van der Waals surface area contributed by atoms with E-state index >= 15 is 0 Å². The number of carbonyl (C=O) groups excluding carboxylic acids is 2. The molecule has 38 heavy (non-hydrogen) atoms. The van der Waals surface area contributed by atoms with Gasteiger partial charge in [-0.2, -0.15) is 0 Å². The Balaban J connectivity index is 1.93. The fourth-order valence-corrected chi connectivity index (χ4v) is 5.96. The van der Waals surface area contributed by atoms with Crippen molar-refractivity contribution in [2.45, 2.75) is 97.9 Å². The third kappa shape index (κ3) is 7.31. The third-order valence-corrected chi connectivity index (χ3v) is 8.79. The topological polar surface area (TPSA) is 96.7 Å². The van der Waals surface area contributed by atoms with E-state index in [2.05, 4.69) is 23.9 Å². The van der Waals surface area contributed by atoms with Crippen molar-refractivity contribution in [2.75, 3.05) is 0 Å². The first-order chi connectivity index (χ1) is 17.9. The van der Waals surface area contributed by atoms with Gasteiger partial charge in [0.05, 0.1) is 39.3 Å². The Morgan fingerprint density at radius 2 is 1.97 bits per heavy atom. The average molecular weight is 540 g/mol. The SMILES string of the molecule is C#CCC[C@H]1C(=O)C(C)(C)[C@@H](O)CC(=O)O[C@H](c2ccc3sc(C)nc3c2)C/C=C(/C)CCC[C@H](C)[C@@H]1O. The Morgan fingerprint density at radius 1 is 1.24 bits per heavy atom. The molecule has 1 aromatic heterocycles. The first-order valence-corrected chi connectivity index (χ1v) is 14.3. The molecular weight excluding hydrogens is 498 g/mol. The molecule has 5 atom stereocenters. The number of aryl methyl sites for hydroxylation is 1. The van der Waals surface area contributed by atoms with Gasteiger partial charge >= 0.3 is 5.97 Å². The Labute approximate surface area is 230 Å². The minimum atomic E-state index is -1.27. The number of nitrogens with zero attached hydrogens (tertiary/aromatic N) is 1. The third-order valence-electron chi connectivity index (χ3n) is 7.83. The van der Waals surface area contributed by atoms with E-state index in [0.717, 1.165) is 40.1 Å². The molecule has 0 unspecified atom stereocenters. The number of ketones is 1. The van der Waals surface area contributed by atoms with E-state index in [-0.39, 0.29) is 18.1 Å². The molecule has 206 valence electrons. The molecule has 0 amide bonds. The highest BCUT2D eigenvalue weighted by Crippen LogP contribution is 2.35. The summed E-state index contributed by atoms with van der Waals surface area (Å²) in [4.78, 5) is 31.3. The number of esters is 1. The lowest BCUT2D eigenvalue weighted by atomic mass is 9.71. The van der Waals surface area contributed by atoms with Crippen molar-refractivity contribution in [2.24, 2.45) is 17.3 Å². The zero-order valence-corrected chi connectivity index (χ0v) is 24.0. The first-order valence-electron chi connectivity index (χ1n) is 13.5. The van der Waals surface area contributed by atoms with Crippen molar-refractivity contribution in [3.63, 3.8) is 0 Å². The average Bonchev–Trinajstić information content (AvgIpc) is 3.24. The minimum Gasteiger partial charge on any atom is -0.457 e. The summed E-state index contributed by atoms with van der Waals surface area (Å²) in [7, 11) is 0. The largest absolute Gasteiger partial charge is 0.457 e. The lowest BCUT2D eigenvalue weighted by molar-refractivity contribution is -0.156. The number of hydrogen-bond donors (Lipinski definition) is 2. The van der Waals surface area contributed by atoms with E-state index in [1.54, 1.807) is 25.2 Å². The molecule has 0 bridgehead atoms. The number of fused-ring (bicyclic) bond motifs is 1. The molecule has 2 heterocycles. The normalized spacial score (nSPS) is 29.3. The monoisotopic (exact) mass is 539 g/mol. The fraction of sp³-hybridized carbons (Fsp3) is 0.581. The number of hydrogen-bond acceptors (Lipinski definition) is 7. The van der Waals surface area contributed by atoms with Crippen molar-refractivity contribution in [3.05, 3.63) is 40.4 Å². The fourth-order valence-electron chi connectivity index (χ4n) is 5.15. The Kier molecular flexibility index (Phi) is 10.3. The smallest absolute Gasteiger partial charge is 0.309 e. The van der Waals surface area contributed by atoms with Crippen LogP contribution in [-0.4, -0.2) is 39.2 Å². The van der Waals surface area contributed by atoms with Crippen LogP contribution in [0.5, 0.6) is 0 Å². The summed E-state index contributed by atoms with van der Waals surface area (Å²) in [5.41, 5.74) is 1.62. The predicted molar refractivity (Wildman–Crippen MR) is 152 cm³/mol. The number of ether oxygens (including phenoxy) is 1. The summed E-state index contributed by atoms with van der Waals surface area (Å²) in [6.07, 6.45) is 8.20. The number of aliphatic hydroxyl groups excluding tert-OH is 2. The highest BCUT2D eigenvalue weighted by molar-refractivity contribution is 7.18. The molecule has 0 saturated carbocycles. The molecule has 3 rings (SSSR count). The van der Waals surface area contributed by atoms with Gasteiger partial charge in [-0.05, 0) is 63.1 Å². The number of Topliss-reactive ketones (excluding diaryl/α,β-unsaturated/α-hetero) is 1. The zero-order valence-electron chi connectivity index (χ0n) is 23.2. The summed E-state index contributed by atoms with van der Waals surface area (Å²) >= 11 is 1.62. The van der Waals surface area contributed by atoms with Crippen LogP contribution in [0.4, 0.5) is 0 Å². The van der Waals surface area contributed by atoms with Crippen LogP contribution in [0.15, 0.2) is 29.8 Å². The second-order valence-electron chi connectivity index (χ2n) is 11.2. The number of carbonyl (C=O) groups is 2. The van der Waals surface area contributed by atoms with E-state index in [4.69, 9.17) is 11.2 Å². The lowest BCUT2D eigenvalue weighted by Gasteiger charge is -2.36. The van der Waals surface area contributed by atoms with Crippen molar-refractivity contribution in [3.8, 4) is 12.3 Å². The first kappa shape index (κ1) is 30.0. The second-order valence-corrected chi connectivity index (χ2v) is 12.5. The van der Waals surface area contributed by atoms with Gasteiger partial charge in [0, 0.05) is 18.8 Å². The van der Waals surface area contributed by atoms with Crippen LogP contribution in [0.2, 0.25) is 0 Å². The number of benzene rings is 1. The van der Waals surface area contributed by atoms with Crippen molar-refractivity contribution in [1.82, 2.24) is 4.98 Å². The highest BCUT2D eigenvalue weighted by atomic mass is 32.1. The van der Waals surface area contributed by atoms with Gasteiger partial charge in [-0.15, -0.1) is 23.7 Å². The molecule has 0 spiro atoms.